The zero-order valence-corrected chi connectivity index (χ0v) is 15.0. The molecular weight excluding hydrogens is 260 g/mol. The molecule has 0 aromatic rings. The van der Waals surface area contributed by atoms with Crippen molar-refractivity contribution < 1.29 is 9.47 Å². The highest BCUT2D eigenvalue weighted by molar-refractivity contribution is 4.91. The van der Waals surface area contributed by atoms with Crippen molar-refractivity contribution in [3.05, 3.63) is 12.7 Å². The molecule has 0 aromatic heterocycles. The molecule has 0 saturated carbocycles. The first kappa shape index (κ1) is 20.7. The Bertz CT molecular complexity index is 221. The van der Waals surface area contributed by atoms with Crippen LogP contribution in [0.3, 0.4) is 0 Å². The monoisotopic (exact) mass is 298 g/mol. The summed E-state index contributed by atoms with van der Waals surface area (Å²) in [6, 6.07) is 0. The average molecular weight is 299 g/mol. The molecule has 1 atom stereocenters. The van der Waals surface area contributed by atoms with E-state index in [2.05, 4.69) is 20.4 Å². The van der Waals surface area contributed by atoms with Gasteiger partial charge in [-0.15, -0.1) is 6.58 Å². The highest BCUT2D eigenvalue weighted by Crippen LogP contribution is 2.34. The summed E-state index contributed by atoms with van der Waals surface area (Å²) >= 11 is 0. The van der Waals surface area contributed by atoms with Crippen LogP contribution in [0.4, 0.5) is 0 Å². The molecule has 2 heteroatoms. The SMILES string of the molecule is C=CC(CCCCCCCC)C(CCC)(OCC)OCC. The van der Waals surface area contributed by atoms with Crippen molar-refractivity contribution in [1.82, 2.24) is 0 Å². The maximum Gasteiger partial charge on any atom is 0.174 e. The third-order valence-corrected chi connectivity index (χ3v) is 4.09. The van der Waals surface area contributed by atoms with Crippen molar-refractivity contribution in [2.24, 2.45) is 5.92 Å². The summed E-state index contributed by atoms with van der Waals surface area (Å²) in [4.78, 5) is 0. The van der Waals surface area contributed by atoms with Gasteiger partial charge in [-0.25, -0.2) is 0 Å². The number of rotatable bonds is 15. The quantitative estimate of drug-likeness (QED) is 0.206. The summed E-state index contributed by atoms with van der Waals surface area (Å²) in [5, 5.41) is 0. The number of ether oxygens (including phenoxy) is 2. The molecule has 0 aromatic carbocycles. The zero-order valence-electron chi connectivity index (χ0n) is 15.0. The molecule has 0 aliphatic rings. The van der Waals surface area contributed by atoms with Crippen LogP contribution in [0.25, 0.3) is 0 Å². The number of hydrogen-bond donors (Lipinski definition) is 0. The zero-order chi connectivity index (χ0) is 16.0. The summed E-state index contributed by atoms with van der Waals surface area (Å²) in [5.74, 6) is -0.160. The highest BCUT2D eigenvalue weighted by Gasteiger charge is 2.37. The molecule has 0 heterocycles. The second-order valence-corrected chi connectivity index (χ2v) is 5.83. The van der Waals surface area contributed by atoms with E-state index in [4.69, 9.17) is 9.47 Å². The van der Waals surface area contributed by atoms with Gasteiger partial charge in [-0.2, -0.15) is 0 Å². The van der Waals surface area contributed by atoms with Gasteiger partial charge < -0.3 is 9.47 Å². The molecule has 0 N–H and O–H groups in total. The standard InChI is InChI=1S/C19H38O2/c1-6-11-12-13-14-15-16-18(8-3)19(17-7-2,20-9-4)21-10-5/h8,18H,3,6-7,9-17H2,1-2,4-5H3. The Morgan fingerprint density at radius 3 is 1.90 bits per heavy atom. The summed E-state index contributed by atoms with van der Waals surface area (Å²) in [6.45, 7) is 14.0. The topological polar surface area (TPSA) is 18.5 Å². The van der Waals surface area contributed by atoms with Gasteiger partial charge in [0, 0.05) is 25.6 Å². The molecule has 126 valence electrons. The third-order valence-electron chi connectivity index (χ3n) is 4.09. The van der Waals surface area contributed by atoms with Gasteiger partial charge in [0.15, 0.2) is 5.79 Å². The van der Waals surface area contributed by atoms with Crippen LogP contribution < -0.4 is 0 Å². The summed E-state index contributed by atoms with van der Waals surface area (Å²) in [5.41, 5.74) is 0. The summed E-state index contributed by atoms with van der Waals surface area (Å²) < 4.78 is 12.1. The van der Waals surface area contributed by atoms with Crippen molar-refractivity contribution in [2.45, 2.75) is 91.3 Å². The molecule has 1 unspecified atom stereocenters. The predicted molar refractivity (Wildman–Crippen MR) is 92.6 cm³/mol. The average Bonchev–Trinajstić information content (AvgIpc) is 2.47. The molecule has 0 radical (unpaired) electrons. The Kier molecular flexibility index (Phi) is 13.1. The lowest BCUT2D eigenvalue weighted by Gasteiger charge is -2.39. The normalized spacial score (nSPS) is 13.3. The molecule has 21 heavy (non-hydrogen) atoms. The van der Waals surface area contributed by atoms with Crippen LogP contribution in [0.2, 0.25) is 0 Å². The van der Waals surface area contributed by atoms with E-state index in [1.807, 2.05) is 19.9 Å². The molecule has 0 amide bonds. The van der Waals surface area contributed by atoms with Crippen LogP contribution in [0.15, 0.2) is 12.7 Å². The Hall–Kier alpha value is -0.340. The molecule has 0 rings (SSSR count). The van der Waals surface area contributed by atoms with E-state index in [1.54, 1.807) is 0 Å². The lowest BCUT2D eigenvalue weighted by molar-refractivity contribution is -0.260. The largest absolute Gasteiger partial charge is 0.350 e. The fourth-order valence-corrected chi connectivity index (χ4v) is 3.08. The fraction of sp³-hybridized carbons (Fsp3) is 0.895. The lowest BCUT2D eigenvalue weighted by atomic mass is 9.88. The van der Waals surface area contributed by atoms with Crippen molar-refractivity contribution in [3.63, 3.8) is 0 Å². The summed E-state index contributed by atoms with van der Waals surface area (Å²) in [6.07, 6.45) is 13.1. The minimum absolute atomic E-state index is 0.295. The molecule has 0 aliphatic carbocycles. The van der Waals surface area contributed by atoms with E-state index in [1.165, 1.54) is 38.5 Å². The van der Waals surface area contributed by atoms with Crippen LogP contribution in [-0.4, -0.2) is 19.0 Å². The molecule has 0 aliphatic heterocycles. The van der Waals surface area contributed by atoms with Gasteiger partial charge in [-0.1, -0.05) is 64.9 Å². The number of hydrogen-bond acceptors (Lipinski definition) is 2. The van der Waals surface area contributed by atoms with Gasteiger partial charge in [0.25, 0.3) is 0 Å². The minimum atomic E-state index is -0.455. The number of unbranched alkanes of at least 4 members (excludes halogenated alkanes) is 5. The Balaban J connectivity index is 4.47. The molecule has 0 bridgehead atoms. The lowest BCUT2D eigenvalue weighted by Crippen LogP contribution is -2.43. The maximum absolute atomic E-state index is 6.07. The van der Waals surface area contributed by atoms with Gasteiger partial charge in [0.2, 0.25) is 0 Å². The maximum atomic E-state index is 6.07. The van der Waals surface area contributed by atoms with E-state index in [0.717, 1.165) is 19.3 Å². The fourth-order valence-electron chi connectivity index (χ4n) is 3.08. The van der Waals surface area contributed by atoms with Crippen molar-refractivity contribution in [2.75, 3.05) is 13.2 Å². The van der Waals surface area contributed by atoms with Gasteiger partial charge in [0.05, 0.1) is 0 Å². The van der Waals surface area contributed by atoms with Crippen LogP contribution in [0, 0.1) is 5.92 Å². The Labute approximate surface area is 133 Å². The van der Waals surface area contributed by atoms with Crippen LogP contribution in [0.1, 0.15) is 85.5 Å². The summed E-state index contributed by atoms with van der Waals surface area (Å²) in [7, 11) is 0. The van der Waals surface area contributed by atoms with E-state index in [0.29, 0.717) is 19.1 Å². The van der Waals surface area contributed by atoms with Crippen molar-refractivity contribution >= 4 is 0 Å². The van der Waals surface area contributed by atoms with Gasteiger partial charge in [0.1, 0.15) is 0 Å². The van der Waals surface area contributed by atoms with Crippen molar-refractivity contribution in [3.8, 4) is 0 Å². The van der Waals surface area contributed by atoms with E-state index >= 15 is 0 Å². The molecule has 0 spiro atoms. The molecular formula is C19H38O2. The predicted octanol–water partition coefficient (Wildman–Crippen LogP) is 6.11. The van der Waals surface area contributed by atoms with Crippen LogP contribution in [0.5, 0.6) is 0 Å². The first-order valence-electron chi connectivity index (χ1n) is 9.11. The Morgan fingerprint density at radius 1 is 0.857 bits per heavy atom. The molecule has 2 nitrogen and oxygen atoms in total. The minimum Gasteiger partial charge on any atom is -0.350 e. The van der Waals surface area contributed by atoms with E-state index in [-0.39, 0.29) is 0 Å². The first-order valence-corrected chi connectivity index (χ1v) is 9.11. The molecule has 0 saturated heterocycles. The smallest absolute Gasteiger partial charge is 0.174 e. The van der Waals surface area contributed by atoms with Gasteiger partial charge in [-0.3, -0.25) is 0 Å². The van der Waals surface area contributed by atoms with Gasteiger partial charge >= 0.3 is 0 Å². The molecule has 0 fully saturated rings. The van der Waals surface area contributed by atoms with Crippen LogP contribution >= 0.6 is 0 Å². The third kappa shape index (κ3) is 8.01. The van der Waals surface area contributed by atoms with E-state index in [9.17, 15) is 0 Å². The highest BCUT2D eigenvalue weighted by atomic mass is 16.7. The van der Waals surface area contributed by atoms with Crippen LogP contribution in [-0.2, 0) is 9.47 Å². The van der Waals surface area contributed by atoms with Crippen molar-refractivity contribution in [1.29, 1.82) is 0 Å². The first-order chi connectivity index (χ1) is 10.2. The van der Waals surface area contributed by atoms with Gasteiger partial charge in [-0.05, 0) is 20.3 Å². The Morgan fingerprint density at radius 2 is 1.43 bits per heavy atom. The second kappa shape index (κ2) is 13.3. The van der Waals surface area contributed by atoms with E-state index < -0.39 is 5.79 Å². The second-order valence-electron chi connectivity index (χ2n) is 5.83.